The Morgan fingerprint density at radius 3 is 2.25 bits per heavy atom. The molecule has 0 aliphatic carbocycles. The fourth-order valence-corrected chi connectivity index (χ4v) is 1.78. The van der Waals surface area contributed by atoms with Crippen LogP contribution in [0.5, 0.6) is 0 Å². The van der Waals surface area contributed by atoms with E-state index in [1.807, 2.05) is 6.07 Å². The maximum Gasteiger partial charge on any atom is 0.245 e. The molecule has 0 spiro atoms. The molecule has 5 N–H and O–H groups in total. The number of amides is 4. The number of hydrogen-bond acceptors (Lipinski definition) is 5. The summed E-state index contributed by atoms with van der Waals surface area (Å²) in [5.41, 5.74) is 10.3. The molecule has 0 saturated carbocycles. The molecule has 0 bridgehead atoms. The van der Waals surface area contributed by atoms with Crippen LogP contribution in [0.2, 0.25) is 0 Å². The van der Waals surface area contributed by atoms with E-state index in [1.54, 1.807) is 18.5 Å². The van der Waals surface area contributed by atoms with Crippen LogP contribution >= 0.6 is 0 Å². The van der Waals surface area contributed by atoms with Crippen LogP contribution in [0, 0.1) is 0 Å². The molecule has 0 aromatic carbocycles. The van der Waals surface area contributed by atoms with E-state index in [2.05, 4.69) is 16.0 Å². The molecule has 1 unspecified atom stereocenters. The van der Waals surface area contributed by atoms with Crippen LogP contribution in [0.1, 0.15) is 19.4 Å². The van der Waals surface area contributed by atoms with E-state index in [1.165, 1.54) is 25.8 Å². The van der Waals surface area contributed by atoms with E-state index >= 15 is 0 Å². The summed E-state index contributed by atoms with van der Waals surface area (Å²) in [7, 11) is 1.46. The summed E-state index contributed by atoms with van der Waals surface area (Å²) in [6.45, 7) is 2.44. The number of nitrogens with one attached hydrogen (secondary N) is 1. The SMILES string of the molecule is CC(=O)NC(Cc1cccnc1)C(=O)N(C)CC(N)=O.CC(N)=O. The average Bonchev–Trinajstić information content (AvgIpc) is 2.45. The predicted octanol–water partition coefficient (Wildman–Crippen LogP) is -1.44. The van der Waals surface area contributed by atoms with Gasteiger partial charge in [-0.3, -0.25) is 24.2 Å². The lowest BCUT2D eigenvalue weighted by atomic mass is 10.1. The van der Waals surface area contributed by atoms with Crippen LogP contribution in [0.15, 0.2) is 24.5 Å². The van der Waals surface area contributed by atoms with E-state index in [9.17, 15) is 19.2 Å². The fourth-order valence-electron chi connectivity index (χ4n) is 1.78. The van der Waals surface area contributed by atoms with Gasteiger partial charge in [0.1, 0.15) is 6.04 Å². The molecule has 9 heteroatoms. The first-order valence-electron chi connectivity index (χ1n) is 7.08. The Bertz CT molecular complexity index is 572. The van der Waals surface area contributed by atoms with Crippen molar-refractivity contribution in [1.82, 2.24) is 15.2 Å². The van der Waals surface area contributed by atoms with Gasteiger partial charge in [0.05, 0.1) is 6.54 Å². The van der Waals surface area contributed by atoms with E-state index in [4.69, 9.17) is 5.73 Å². The number of carbonyl (C=O) groups is 4. The molecular weight excluding hydrogens is 314 g/mol. The van der Waals surface area contributed by atoms with Gasteiger partial charge in [-0.2, -0.15) is 0 Å². The summed E-state index contributed by atoms with van der Waals surface area (Å²) in [6.07, 6.45) is 3.55. The fraction of sp³-hybridized carbons (Fsp3) is 0.400. The Labute approximate surface area is 140 Å². The number of aromatic nitrogens is 1. The van der Waals surface area contributed by atoms with Crippen LogP contribution in [0.25, 0.3) is 0 Å². The summed E-state index contributed by atoms with van der Waals surface area (Å²) in [4.78, 5) is 48.6. The van der Waals surface area contributed by atoms with E-state index < -0.39 is 11.9 Å². The van der Waals surface area contributed by atoms with Gasteiger partial charge in [0, 0.05) is 39.7 Å². The van der Waals surface area contributed by atoms with Crippen molar-refractivity contribution in [2.75, 3.05) is 13.6 Å². The largest absolute Gasteiger partial charge is 0.370 e. The minimum atomic E-state index is -0.749. The van der Waals surface area contributed by atoms with Gasteiger partial charge >= 0.3 is 0 Å². The second-order valence-corrected chi connectivity index (χ2v) is 5.09. The third-order valence-electron chi connectivity index (χ3n) is 2.61. The zero-order chi connectivity index (χ0) is 18.7. The van der Waals surface area contributed by atoms with Gasteiger partial charge in [-0.15, -0.1) is 0 Å². The molecule has 0 radical (unpaired) electrons. The summed E-state index contributed by atoms with van der Waals surface area (Å²) >= 11 is 0. The van der Waals surface area contributed by atoms with Gasteiger partial charge in [0.2, 0.25) is 23.6 Å². The topological polar surface area (TPSA) is 148 Å². The highest BCUT2D eigenvalue weighted by atomic mass is 16.2. The zero-order valence-corrected chi connectivity index (χ0v) is 14.0. The Kier molecular flexibility index (Phi) is 9.38. The number of hydrogen-bond donors (Lipinski definition) is 3. The van der Waals surface area contributed by atoms with Crippen molar-refractivity contribution in [2.24, 2.45) is 11.5 Å². The van der Waals surface area contributed by atoms with Crippen LogP contribution < -0.4 is 16.8 Å². The third kappa shape index (κ3) is 9.87. The van der Waals surface area contributed by atoms with Crippen LogP contribution in [0.3, 0.4) is 0 Å². The van der Waals surface area contributed by atoms with Gasteiger partial charge in [-0.25, -0.2) is 0 Å². The maximum absolute atomic E-state index is 12.2. The lowest BCUT2D eigenvalue weighted by Gasteiger charge is -2.23. The monoisotopic (exact) mass is 337 g/mol. The number of nitrogens with two attached hydrogens (primary N) is 2. The number of carbonyl (C=O) groups excluding carboxylic acids is 4. The molecule has 1 atom stereocenters. The van der Waals surface area contributed by atoms with Gasteiger partial charge in [-0.05, 0) is 11.6 Å². The minimum Gasteiger partial charge on any atom is -0.370 e. The van der Waals surface area contributed by atoms with Crippen molar-refractivity contribution >= 4 is 23.6 Å². The first-order chi connectivity index (χ1) is 11.1. The highest BCUT2D eigenvalue weighted by Gasteiger charge is 2.24. The summed E-state index contributed by atoms with van der Waals surface area (Å²) in [5, 5.41) is 2.57. The molecule has 1 heterocycles. The standard InChI is InChI=1S/C13H18N4O3.C2H5NO/c1-9(18)16-11(6-10-4-3-5-15-7-10)13(20)17(2)8-12(14)19;1-2(3)4/h3-5,7,11H,6,8H2,1-2H3,(H2,14,19)(H,16,18);1H3,(H2,3,4). The van der Waals surface area contributed by atoms with Gasteiger partial charge in [-0.1, -0.05) is 6.07 Å². The molecule has 4 amide bonds. The Morgan fingerprint density at radius 1 is 1.25 bits per heavy atom. The second-order valence-electron chi connectivity index (χ2n) is 5.09. The van der Waals surface area contributed by atoms with Crippen LogP contribution in [-0.4, -0.2) is 53.1 Å². The summed E-state index contributed by atoms with van der Waals surface area (Å²) in [5.74, 6) is -1.63. The van der Waals surface area contributed by atoms with Crippen molar-refractivity contribution in [3.8, 4) is 0 Å². The Morgan fingerprint density at radius 2 is 1.83 bits per heavy atom. The van der Waals surface area contributed by atoms with Gasteiger partial charge < -0.3 is 21.7 Å². The third-order valence-corrected chi connectivity index (χ3v) is 2.61. The van der Waals surface area contributed by atoms with Crippen molar-refractivity contribution in [1.29, 1.82) is 0 Å². The number of likely N-dealkylation sites (N-methyl/N-ethyl adjacent to an activating group) is 1. The molecule has 0 aliphatic heterocycles. The quantitative estimate of drug-likeness (QED) is 0.581. The molecule has 1 rings (SSSR count). The molecular formula is C15H23N5O4. The molecule has 0 fully saturated rings. The Balaban J connectivity index is 0.00000118. The number of pyridine rings is 1. The molecule has 0 aliphatic rings. The lowest BCUT2D eigenvalue weighted by Crippen LogP contribution is -2.49. The van der Waals surface area contributed by atoms with Gasteiger partial charge in [0.15, 0.2) is 0 Å². The highest BCUT2D eigenvalue weighted by Crippen LogP contribution is 2.04. The number of nitrogens with zero attached hydrogens (tertiary/aromatic N) is 2. The Hall–Kier alpha value is -2.97. The predicted molar refractivity (Wildman–Crippen MR) is 87.2 cm³/mol. The molecule has 132 valence electrons. The molecule has 9 nitrogen and oxygen atoms in total. The first kappa shape index (κ1) is 21.0. The van der Waals surface area contributed by atoms with E-state index in [0.29, 0.717) is 6.42 Å². The first-order valence-corrected chi connectivity index (χ1v) is 7.08. The van der Waals surface area contributed by atoms with E-state index in [-0.39, 0.29) is 24.3 Å². The van der Waals surface area contributed by atoms with Gasteiger partial charge in [0.25, 0.3) is 0 Å². The maximum atomic E-state index is 12.2. The molecule has 24 heavy (non-hydrogen) atoms. The van der Waals surface area contributed by atoms with Crippen molar-refractivity contribution in [3.63, 3.8) is 0 Å². The van der Waals surface area contributed by atoms with Crippen molar-refractivity contribution in [2.45, 2.75) is 26.3 Å². The normalized spacial score (nSPS) is 10.6. The average molecular weight is 337 g/mol. The van der Waals surface area contributed by atoms with Crippen molar-refractivity contribution in [3.05, 3.63) is 30.1 Å². The smallest absolute Gasteiger partial charge is 0.245 e. The summed E-state index contributed by atoms with van der Waals surface area (Å²) < 4.78 is 0. The minimum absolute atomic E-state index is 0.193. The number of primary amides is 2. The van der Waals surface area contributed by atoms with Crippen LogP contribution in [-0.2, 0) is 25.6 Å². The molecule has 1 aromatic rings. The number of rotatable bonds is 6. The lowest BCUT2D eigenvalue weighted by molar-refractivity contribution is -0.137. The highest BCUT2D eigenvalue weighted by molar-refractivity contribution is 5.89. The summed E-state index contributed by atoms with van der Waals surface area (Å²) in [6, 6.07) is 2.81. The zero-order valence-electron chi connectivity index (χ0n) is 14.0. The molecule has 0 saturated heterocycles. The molecule has 1 aromatic heterocycles. The second kappa shape index (κ2) is 10.7. The van der Waals surface area contributed by atoms with E-state index in [0.717, 1.165) is 5.56 Å². The van der Waals surface area contributed by atoms with Crippen molar-refractivity contribution < 1.29 is 19.2 Å². The van der Waals surface area contributed by atoms with Crippen LogP contribution in [0.4, 0.5) is 0 Å².